The van der Waals surface area contributed by atoms with E-state index < -0.39 is 0 Å². The molecular weight excluding hydrogens is 256 g/mol. The monoisotopic (exact) mass is 268 g/mol. The first-order valence-electron chi connectivity index (χ1n) is 5.50. The number of hydrogen-bond acceptors (Lipinski definition) is 5. The molecule has 0 spiro atoms. The molecule has 0 aliphatic rings. The molecule has 0 aliphatic carbocycles. The van der Waals surface area contributed by atoms with E-state index in [1.54, 1.807) is 6.07 Å². The van der Waals surface area contributed by atoms with E-state index >= 15 is 0 Å². The molecule has 0 radical (unpaired) electrons. The van der Waals surface area contributed by atoms with Gasteiger partial charge in [-0.3, -0.25) is 0 Å². The van der Waals surface area contributed by atoms with Crippen LogP contribution < -0.4 is 4.74 Å². The quantitative estimate of drug-likeness (QED) is 0.900. The smallest absolute Gasteiger partial charge is 0.253 e. The topological polar surface area (TPSA) is 68.4 Å². The van der Waals surface area contributed by atoms with Gasteiger partial charge in [0.05, 0.1) is 11.6 Å². The summed E-state index contributed by atoms with van der Waals surface area (Å²) < 4.78 is 10.8. The van der Waals surface area contributed by atoms with Gasteiger partial charge in [0.15, 0.2) is 6.61 Å². The fraction of sp³-hybridized carbons (Fsp3) is 0.333. The van der Waals surface area contributed by atoms with Crippen molar-refractivity contribution in [2.45, 2.75) is 20.0 Å². The number of aliphatic hydroxyl groups is 1. The van der Waals surface area contributed by atoms with Crippen molar-refractivity contribution in [3.05, 3.63) is 40.6 Å². The molecule has 1 N–H and O–H groups in total. The van der Waals surface area contributed by atoms with Crippen molar-refractivity contribution in [3.63, 3.8) is 0 Å². The Labute approximate surface area is 109 Å². The zero-order valence-electron chi connectivity index (χ0n) is 9.89. The van der Waals surface area contributed by atoms with Crippen molar-refractivity contribution in [1.29, 1.82) is 0 Å². The van der Waals surface area contributed by atoms with E-state index in [4.69, 9.17) is 25.9 Å². The number of nitrogens with zero attached hydrogens (tertiary/aromatic N) is 2. The van der Waals surface area contributed by atoms with Gasteiger partial charge in [-0.15, -0.1) is 10.2 Å². The minimum atomic E-state index is -0.0216. The summed E-state index contributed by atoms with van der Waals surface area (Å²) in [6.07, 6.45) is 0.345. The van der Waals surface area contributed by atoms with Gasteiger partial charge in [0.1, 0.15) is 5.75 Å². The van der Waals surface area contributed by atoms with Gasteiger partial charge >= 0.3 is 0 Å². The lowest BCUT2D eigenvalue weighted by atomic mass is 10.2. The van der Waals surface area contributed by atoms with Crippen molar-refractivity contribution in [2.75, 3.05) is 6.61 Å². The van der Waals surface area contributed by atoms with Crippen molar-refractivity contribution < 1.29 is 14.3 Å². The highest BCUT2D eigenvalue weighted by atomic mass is 35.5. The van der Waals surface area contributed by atoms with Gasteiger partial charge in [-0.2, -0.15) is 0 Å². The lowest BCUT2D eigenvalue weighted by Gasteiger charge is -2.06. The Kier molecular flexibility index (Phi) is 4.17. The fourth-order valence-electron chi connectivity index (χ4n) is 1.40. The third-order valence-electron chi connectivity index (χ3n) is 2.27. The maximum Gasteiger partial charge on any atom is 0.253 e. The Balaban J connectivity index is 1.99. The Morgan fingerprint density at radius 2 is 2.11 bits per heavy atom. The molecule has 2 rings (SSSR count). The summed E-state index contributed by atoms with van der Waals surface area (Å²) in [5.41, 5.74) is 1.06. The highest BCUT2D eigenvalue weighted by molar-refractivity contribution is 6.32. The number of ether oxygens (including phenoxy) is 1. The van der Waals surface area contributed by atoms with Crippen LogP contribution in [0.1, 0.15) is 17.3 Å². The van der Waals surface area contributed by atoms with Gasteiger partial charge in [0.2, 0.25) is 5.89 Å². The Bertz CT molecular complexity index is 528. The van der Waals surface area contributed by atoms with Crippen LogP contribution in [0.15, 0.2) is 22.6 Å². The molecule has 0 saturated carbocycles. The van der Waals surface area contributed by atoms with Gasteiger partial charge in [0, 0.05) is 6.42 Å². The number of hydrogen-bond donors (Lipinski definition) is 1. The third kappa shape index (κ3) is 3.21. The molecule has 1 aromatic heterocycles. The van der Waals surface area contributed by atoms with Crippen molar-refractivity contribution in [3.8, 4) is 5.75 Å². The molecule has 0 atom stereocenters. The first-order chi connectivity index (χ1) is 8.69. The van der Waals surface area contributed by atoms with Gasteiger partial charge < -0.3 is 14.3 Å². The normalized spacial score (nSPS) is 10.6. The standard InChI is InChI=1S/C12H13ClN2O3/c1-8-2-3-9(13)10(6-8)17-7-12-15-14-11(18-12)4-5-16/h2-3,6,16H,4-5,7H2,1H3. The minimum absolute atomic E-state index is 0.0216. The Hall–Kier alpha value is -1.59. The predicted octanol–water partition coefficient (Wildman–Crippen LogP) is 2.15. The molecule has 0 saturated heterocycles. The molecule has 2 aromatic rings. The Morgan fingerprint density at radius 3 is 2.89 bits per heavy atom. The summed E-state index contributed by atoms with van der Waals surface area (Å²) in [5.74, 6) is 1.33. The van der Waals surface area contributed by atoms with Crippen LogP contribution in [0.3, 0.4) is 0 Å². The number of halogens is 1. The zero-order chi connectivity index (χ0) is 13.0. The molecule has 6 heteroatoms. The summed E-state index contributed by atoms with van der Waals surface area (Å²) in [5, 5.41) is 16.8. The average Bonchev–Trinajstić information content (AvgIpc) is 2.79. The van der Waals surface area contributed by atoms with Gasteiger partial charge in [-0.25, -0.2) is 0 Å². The van der Waals surface area contributed by atoms with Crippen LogP contribution >= 0.6 is 11.6 Å². The number of aryl methyl sites for hydroxylation is 1. The lowest BCUT2D eigenvalue weighted by Crippen LogP contribution is -1.96. The highest BCUT2D eigenvalue weighted by Crippen LogP contribution is 2.25. The number of benzene rings is 1. The number of rotatable bonds is 5. The molecule has 5 nitrogen and oxygen atoms in total. The maximum absolute atomic E-state index is 8.73. The molecule has 96 valence electrons. The van der Waals surface area contributed by atoms with Crippen LogP contribution in [-0.2, 0) is 13.0 Å². The first-order valence-corrected chi connectivity index (χ1v) is 5.88. The minimum Gasteiger partial charge on any atom is -0.482 e. The highest BCUT2D eigenvalue weighted by Gasteiger charge is 2.08. The second kappa shape index (κ2) is 5.84. The summed E-state index contributed by atoms with van der Waals surface area (Å²) in [6.45, 7) is 2.09. The van der Waals surface area contributed by atoms with Crippen molar-refractivity contribution in [1.82, 2.24) is 10.2 Å². The molecule has 0 fully saturated rings. The average molecular weight is 269 g/mol. The van der Waals surface area contributed by atoms with Crippen molar-refractivity contribution >= 4 is 11.6 Å². The third-order valence-corrected chi connectivity index (χ3v) is 2.58. The van der Waals surface area contributed by atoms with E-state index in [0.717, 1.165) is 5.56 Å². The molecule has 18 heavy (non-hydrogen) atoms. The van der Waals surface area contributed by atoms with E-state index in [-0.39, 0.29) is 13.2 Å². The summed E-state index contributed by atoms with van der Waals surface area (Å²) in [4.78, 5) is 0. The number of aliphatic hydroxyl groups excluding tert-OH is 1. The summed E-state index contributed by atoms with van der Waals surface area (Å²) in [7, 11) is 0. The first kappa shape index (κ1) is 12.9. The van der Waals surface area contributed by atoms with Gasteiger partial charge in [-0.1, -0.05) is 17.7 Å². The van der Waals surface area contributed by atoms with E-state index in [0.29, 0.717) is 29.0 Å². The van der Waals surface area contributed by atoms with Crippen molar-refractivity contribution in [2.24, 2.45) is 0 Å². The molecule has 0 bridgehead atoms. The van der Waals surface area contributed by atoms with E-state index in [1.165, 1.54) is 0 Å². The van der Waals surface area contributed by atoms with Crippen LogP contribution in [0.25, 0.3) is 0 Å². The van der Waals surface area contributed by atoms with E-state index in [1.807, 2.05) is 19.1 Å². The fourth-order valence-corrected chi connectivity index (χ4v) is 1.58. The van der Waals surface area contributed by atoms with Crippen LogP contribution in [0.5, 0.6) is 5.75 Å². The molecule has 0 unspecified atom stereocenters. The second-order valence-corrected chi connectivity index (χ2v) is 4.19. The molecule has 0 aliphatic heterocycles. The molecular formula is C12H13ClN2O3. The summed E-state index contributed by atoms with van der Waals surface area (Å²) in [6, 6.07) is 5.52. The second-order valence-electron chi connectivity index (χ2n) is 3.79. The van der Waals surface area contributed by atoms with E-state index in [9.17, 15) is 0 Å². The lowest BCUT2D eigenvalue weighted by molar-refractivity contribution is 0.250. The SMILES string of the molecule is Cc1ccc(Cl)c(OCc2nnc(CCO)o2)c1. The van der Waals surface area contributed by atoms with Gasteiger partial charge in [-0.05, 0) is 24.6 Å². The van der Waals surface area contributed by atoms with E-state index in [2.05, 4.69) is 10.2 Å². The molecule has 0 amide bonds. The largest absolute Gasteiger partial charge is 0.482 e. The molecule has 1 aromatic carbocycles. The maximum atomic E-state index is 8.73. The predicted molar refractivity (Wildman–Crippen MR) is 65.6 cm³/mol. The Morgan fingerprint density at radius 1 is 1.33 bits per heavy atom. The zero-order valence-corrected chi connectivity index (χ0v) is 10.6. The molecule has 1 heterocycles. The van der Waals surface area contributed by atoms with Crippen LogP contribution in [0.2, 0.25) is 5.02 Å². The van der Waals surface area contributed by atoms with Crippen LogP contribution in [0.4, 0.5) is 0 Å². The van der Waals surface area contributed by atoms with Gasteiger partial charge in [0.25, 0.3) is 5.89 Å². The summed E-state index contributed by atoms with van der Waals surface area (Å²) >= 11 is 5.99. The van der Waals surface area contributed by atoms with Crippen LogP contribution in [0, 0.1) is 6.92 Å². The number of aromatic nitrogens is 2. The van der Waals surface area contributed by atoms with Crippen LogP contribution in [-0.4, -0.2) is 21.9 Å².